The van der Waals surface area contributed by atoms with Crippen LogP contribution in [0.15, 0.2) is 84.9 Å². The van der Waals surface area contributed by atoms with Crippen molar-refractivity contribution in [3.63, 3.8) is 0 Å². The molecule has 184 valence electrons. The van der Waals surface area contributed by atoms with Crippen LogP contribution in [-0.2, 0) is 13.1 Å². The quantitative estimate of drug-likeness (QED) is 0.389. The number of nitrogens with one attached hydrogen (secondary N) is 1. The Bertz CT molecular complexity index is 1320. The Labute approximate surface area is 212 Å². The van der Waals surface area contributed by atoms with E-state index in [9.17, 15) is 4.79 Å². The minimum atomic E-state index is -0.108. The average molecular weight is 481 g/mol. The fourth-order valence-electron chi connectivity index (χ4n) is 4.70. The summed E-state index contributed by atoms with van der Waals surface area (Å²) in [5, 5.41) is 3.96. The van der Waals surface area contributed by atoms with Crippen LogP contribution < -0.4 is 15.0 Å². The molecule has 0 spiro atoms. The number of benzene rings is 3. The van der Waals surface area contributed by atoms with Crippen LogP contribution in [0.4, 0.5) is 5.82 Å². The van der Waals surface area contributed by atoms with Gasteiger partial charge in [-0.3, -0.25) is 9.69 Å². The lowest BCUT2D eigenvalue weighted by Crippen LogP contribution is -2.46. The van der Waals surface area contributed by atoms with Crippen molar-refractivity contribution in [1.29, 1.82) is 0 Å². The predicted octanol–water partition coefficient (Wildman–Crippen LogP) is 4.89. The largest absolute Gasteiger partial charge is 0.494 e. The van der Waals surface area contributed by atoms with Crippen molar-refractivity contribution >= 4 is 22.6 Å². The number of nitrogens with zero attached hydrogens (tertiary/aromatic N) is 3. The van der Waals surface area contributed by atoms with Crippen molar-refractivity contribution in [3.8, 4) is 5.75 Å². The molecular weight excluding hydrogens is 448 g/mol. The monoisotopic (exact) mass is 480 g/mol. The van der Waals surface area contributed by atoms with Gasteiger partial charge in [0.2, 0.25) is 0 Å². The van der Waals surface area contributed by atoms with Gasteiger partial charge in [-0.1, -0.05) is 66.7 Å². The number of hydrogen-bond donors (Lipinski definition) is 1. The summed E-state index contributed by atoms with van der Waals surface area (Å²) < 4.78 is 5.72. The summed E-state index contributed by atoms with van der Waals surface area (Å²) in [5.74, 6) is 1.55. The Morgan fingerprint density at radius 2 is 1.64 bits per heavy atom. The Balaban J connectivity index is 1.32. The highest BCUT2D eigenvalue weighted by molar-refractivity contribution is 6.07. The minimum Gasteiger partial charge on any atom is -0.494 e. The molecule has 3 aromatic carbocycles. The Morgan fingerprint density at radius 1 is 0.917 bits per heavy atom. The highest BCUT2D eigenvalue weighted by atomic mass is 16.5. The summed E-state index contributed by atoms with van der Waals surface area (Å²) >= 11 is 0. The molecule has 0 saturated carbocycles. The van der Waals surface area contributed by atoms with Crippen LogP contribution in [-0.4, -0.2) is 48.6 Å². The Hall–Kier alpha value is -3.90. The van der Waals surface area contributed by atoms with E-state index in [2.05, 4.69) is 45.4 Å². The molecule has 6 nitrogen and oxygen atoms in total. The van der Waals surface area contributed by atoms with E-state index in [4.69, 9.17) is 9.72 Å². The second-order valence-electron chi connectivity index (χ2n) is 9.02. The molecule has 1 saturated heterocycles. The van der Waals surface area contributed by atoms with Gasteiger partial charge in [-0.2, -0.15) is 0 Å². The molecule has 5 rings (SSSR count). The molecule has 1 amide bonds. The molecule has 1 aromatic heterocycles. The van der Waals surface area contributed by atoms with Crippen LogP contribution >= 0.6 is 0 Å². The van der Waals surface area contributed by atoms with Gasteiger partial charge in [0, 0.05) is 50.2 Å². The molecule has 4 aromatic rings. The lowest BCUT2D eigenvalue weighted by molar-refractivity contribution is 0.0952. The van der Waals surface area contributed by atoms with Gasteiger partial charge in [-0.15, -0.1) is 0 Å². The van der Waals surface area contributed by atoms with E-state index >= 15 is 0 Å². The van der Waals surface area contributed by atoms with Crippen molar-refractivity contribution in [2.75, 3.05) is 37.7 Å². The number of hydrogen-bond acceptors (Lipinski definition) is 5. The van der Waals surface area contributed by atoms with Crippen molar-refractivity contribution in [2.45, 2.75) is 20.0 Å². The van der Waals surface area contributed by atoms with E-state index in [1.54, 1.807) is 0 Å². The van der Waals surface area contributed by atoms with Crippen molar-refractivity contribution < 1.29 is 9.53 Å². The molecule has 6 heteroatoms. The SMILES string of the molecule is CCOc1ccccc1CNC(=O)c1cc(N2CCN(Cc3ccccc3)CC2)nc2ccccc12. The van der Waals surface area contributed by atoms with Gasteiger partial charge in [0.05, 0.1) is 17.7 Å². The van der Waals surface area contributed by atoms with Crippen molar-refractivity contribution in [2.24, 2.45) is 0 Å². The fraction of sp³-hybridized carbons (Fsp3) is 0.267. The number of para-hydroxylation sites is 2. The number of fused-ring (bicyclic) bond motifs is 1. The zero-order valence-electron chi connectivity index (χ0n) is 20.7. The van der Waals surface area contributed by atoms with Gasteiger partial charge < -0.3 is 15.0 Å². The van der Waals surface area contributed by atoms with Crippen LogP contribution in [0.1, 0.15) is 28.4 Å². The number of rotatable bonds is 8. The zero-order chi connectivity index (χ0) is 24.7. The number of aromatic nitrogens is 1. The van der Waals surface area contributed by atoms with Crippen LogP contribution in [0.5, 0.6) is 5.75 Å². The number of piperazine rings is 1. The lowest BCUT2D eigenvalue weighted by atomic mass is 10.1. The second kappa shape index (κ2) is 11.2. The maximum atomic E-state index is 13.4. The van der Waals surface area contributed by atoms with E-state index in [1.165, 1.54) is 5.56 Å². The molecule has 36 heavy (non-hydrogen) atoms. The van der Waals surface area contributed by atoms with Gasteiger partial charge >= 0.3 is 0 Å². The normalized spacial score (nSPS) is 14.1. The molecule has 0 unspecified atom stereocenters. The molecule has 0 bridgehead atoms. The maximum absolute atomic E-state index is 13.4. The van der Waals surface area contributed by atoms with Crippen molar-refractivity contribution in [1.82, 2.24) is 15.2 Å². The van der Waals surface area contributed by atoms with Crippen LogP contribution in [0.3, 0.4) is 0 Å². The van der Waals surface area contributed by atoms with Gasteiger partial charge in [0.1, 0.15) is 11.6 Å². The lowest BCUT2D eigenvalue weighted by Gasteiger charge is -2.35. The third kappa shape index (κ3) is 5.50. The molecule has 2 heterocycles. The zero-order valence-corrected chi connectivity index (χ0v) is 20.7. The van der Waals surface area contributed by atoms with E-state index in [-0.39, 0.29) is 5.91 Å². The van der Waals surface area contributed by atoms with Crippen LogP contribution in [0.25, 0.3) is 10.9 Å². The summed E-state index contributed by atoms with van der Waals surface area (Å²) in [7, 11) is 0. The molecule has 1 fully saturated rings. The molecule has 0 atom stereocenters. The first-order valence-corrected chi connectivity index (χ1v) is 12.6. The predicted molar refractivity (Wildman–Crippen MR) is 144 cm³/mol. The van der Waals surface area contributed by atoms with E-state index in [0.29, 0.717) is 18.7 Å². The summed E-state index contributed by atoms with van der Waals surface area (Å²) in [6, 6.07) is 28.2. The second-order valence-corrected chi connectivity index (χ2v) is 9.02. The Kier molecular flexibility index (Phi) is 7.43. The highest BCUT2D eigenvalue weighted by Crippen LogP contribution is 2.25. The number of carbonyl (C=O) groups excluding carboxylic acids is 1. The smallest absolute Gasteiger partial charge is 0.252 e. The van der Waals surface area contributed by atoms with E-state index in [1.807, 2.05) is 61.5 Å². The van der Waals surface area contributed by atoms with Crippen LogP contribution in [0.2, 0.25) is 0 Å². The average Bonchev–Trinajstić information content (AvgIpc) is 2.93. The summed E-state index contributed by atoms with van der Waals surface area (Å²) in [5.41, 5.74) is 3.78. The summed E-state index contributed by atoms with van der Waals surface area (Å²) in [6.45, 7) is 7.57. The topological polar surface area (TPSA) is 57.7 Å². The van der Waals surface area contributed by atoms with Gasteiger partial charge in [0.15, 0.2) is 0 Å². The fourth-order valence-corrected chi connectivity index (χ4v) is 4.70. The first-order chi connectivity index (χ1) is 17.7. The summed E-state index contributed by atoms with van der Waals surface area (Å²) in [4.78, 5) is 23.1. The molecule has 1 aliphatic heterocycles. The molecule has 0 aliphatic carbocycles. The number of anilines is 1. The highest BCUT2D eigenvalue weighted by Gasteiger charge is 2.21. The maximum Gasteiger partial charge on any atom is 0.252 e. The third-order valence-corrected chi connectivity index (χ3v) is 6.60. The number of carbonyl (C=O) groups is 1. The third-order valence-electron chi connectivity index (χ3n) is 6.60. The number of pyridine rings is 1. The number of amides is 1. The van der Waals surface area contributed by atoms with Gasteiger partial charge in [0.25, 0.3) is 5.91 Å². The molecular formula is C30H32N4O2. The van der Waals surface area contributed by atoms with Gasteiger partial charge in [-0.25, -0.2) is 4.98 Å². The van der Waals surface area contributed by atoms with Crippen LogP contribution in [0, 0.1) is 0 Å². The number of ether oxygens (including phenoxy) is 1. The first kappa shape index (κ1) is 23.8. The Morgan fingerprint density at radius 3 is 2.44 bits per heavy atom. The molecule has 1 N–H and O–H groups in total. The summed E-state index contributed by atoms with van der Waals surface area (Å²) in [6.07, 6.45) is 0. The molecule has 0 radical (unpaired) electrons. The van der Waals surface area contributed by atoms with Gasteiger partial charge in [-0.05, 0) is 30.7 Å². The molecule has 1 aliphatic rings. The van der Waals surface area contributed by atoms with E-state index < -0.39 is 0 Å². The van der Waals surface area contributed by atoms with E-state index in [0.717, 1.165) is 60.8 Å². The minimum absolute atomic E-state index is 0.108. The standard InChI is InChI=1S/C30H32N4O2/c1-2-36-28-15-9-6-12-24(28)21-31-30(35)26-20-29(32-27-14-8-7-13-25(26)27)34-18-16-33(17-19-34)22-23-10-4-3-5-11-23/h3-15,20H,2,16-19,21-22H2,1H3,(H,31,35). The first-order valence-electron chi connectivity index (χ1n) is 12.6. The van der Waals surface area contributed by atoms with Crippen molar-refractivity contribution in [3.05, 3.63) is 102 Å².